The van der Waals surface area contributed by atoms with Crippen LogP contribution in [0.2, 0.25) is 0 Å². The molecule has 1 heterocycles. The lowest BCUT2D eigenvalue weighted by molar-refractivity contribution is 0.00578. The van der Waals surface area contributed by atoms with Crippen molar-refractivity contribution in [2.45, 2.75) is 38.9 Å². The van der Waals surface area contributed by atoms with Gasteiger partial charge in [-0.05, 0) is 50.9 Å². The normalized spacial score (nSPS) is 19.7. The van der Waals surface area contributed by atoms with Crippen molar-refractivity contribution in [3.05, 3.63) is 35.3 Å². The average Bonchev–Trinajstić information content (AvgIpc) is 2.64. The molecule has 124 valence electrons. The van der Waals surface area contributed by atoms with Gasteiger partial charge in [-0.3, -0.25) is 0 Å². The van der Waals surface area contributed by atoms with Gasteiger partial charge < -0.3 is 26.1 Å². The molecule has 0 radical (unpaired) electrons. The Balaban J connectivity index is 2.25. The van der Waals surface area contributed by atoms with Gasteiger partial charge in [0.1, 0.15) is 0 Å². The summed E-state index contributed by atoms with van der Waals surface area (Å²) in [5.74, 6) is 0. The molecule has 5 N–H and O–H groups in total. The van der Waals surface area contributed by atoms with Crippen molar-refractivity contribution >= 4 is 24.9 Å². The zero-order valence-corrected chi connectivity index (χ0v) is 14.1. The van der Waals surface area contributed by atoms with Crippen LogP contribution in [0.5, 0.6) is 0 Å². The highest BCUT2D eigenvalue weighted by molar-refractivity contribution is 6.55. The van der Waals surface area contributed by atoms with Gasteiger partial charge in [0, 0.05) is 12.2 Å². The van der Waals surface area contributed by atoms with Gasteiger partial charge in [-0.25, -0.2) is 4.79 Å². The van der Waals surface area contributed by atoms with Crippen molar-refractivity contribution in [3.63, 3.8) is 0 Å². The summed E-state index contributed by atoms with van der Waals surface area (Å²) < 4.78 is 12.0. The summed E-state index contributed by atoms with van der Waals surface area (Å²) in [4.78, 5) is 10.9. The van der Waals surface area contributed by atoms with Gasteiger partial charge in [0.25, 0.3) is 0 Å². The number of hydrogen-bond donors (Lipinski definition) is 3. The molecule has 0 unspecified atom stereocenters. The van der Waals surface area contributed by atoms with Crippen LogP contribution in [-0.4, -0.2) is 30.9 Å². The SMILES string of the molecule is CC1(C)OB(C(=Cc2cccc(NC(N)=O)c2)CN)OC1(C)C. The minimum atomic E-state index is -0.601. The van der Waals surface area contributed by atoms with Crippen LogP contribution in [0.3, 0.4) is 0 Å². The molecule has 7 heteroatoms. The number of amides is 2. The molecule has 0 saturated carbocycles. The molecule has 1 aromatic carbocycles. The molecule has 2 rings (SSSR count). The third-order valence-corrected chi connectivity index (χ3v) is 4.30. The van der Waals surface area contributed by atoms with Gasteiger partial charge in [-0.1, -0.05) is 18.2 Å². The Bertz CT molecular complexity index is 613. The van der Waals surface area contributed by atoms with E-state index in [4.69, 9.17) is 20.8 Å². The quantitative estimate of drug-likeness (QED) is 0.741. The van der Waals surface area contributed by atoms with E-state index in [0.717, 1.165) is 11.0 Å². The van der Waals surface area contributed by atoms with E-state index in [0.29, 0.717) is 12.2 Å². The Hall–Kier alpha value is -1.83. The molecule has 1 aliphatic heterocycles. The van der Waals surface area contributed by atoms with Crippen molar-refractivity contribution in [2.24, 2.45) is 11.5 Å². The number of nitrogens with two attached hydrogens (primary N) is 2. The van der Waals surface area contributed by atoms with Crippen LogP contribution in [0.4, 0.5) is 10.5 Å². The Labute approximate surface area is 137 Å². The van der Waals surface area contributed by atoms with Gasteiger partial charge in [0.2, 0.25) is 0 Å². The molecule has 1 aromatic rings. The van der Waals surface area contributed by atoms with Crippen LogP contribution < -0.4 is 16.8 Å². The van der Waals surface area contributed by atoms with E-state index in [9.17, 15) is 4.79 Å². The van der Waals surface area contributed by atoms with Crippen LogP contribution in [0.15, 0.2) is 29.7 Å². The lowest BCUT2D eigenvalue weighted by Crippen LogP contribution is -2.41. The van der Waals surface area contributed by atoms with Gasteiger partial charge in [0.15, 0.2) is 0 Å². The summed E-state index contributed by atoms with van der Waals surface area (Å²) in [5, 5.41) is 2.55. The number of urea groups is 1. The number of benzene rings is 1. The summed E-state index contributed by atoms with van der Waals surface area (Å²) in [5.41, 5.74) is 12.5. The van der Waals surface area contributed by atoms with Crippen LogP contribution in [-0.2, 0) is 9.31 Å². The smallest absolute Gasteiger partial charge is 0.400 e. The Morgan fingerprint density at radius 2 is 1.87 bits per heavy atom. The second-order valence-corrected chi connectivity index (χ2v) is 6.63. The largest absolute Gasteiger partial charge is 0.491 e. The minimum Gasteiger partial charge on any atom is -0.400 e. The summed E-state index contributed by atoms with van der Waals surface area (Å²) in [6.07, 6.45) is 1.91. The van der Waals surface area contributed by atoms with Crippen LogP contribution in [0.1, 0.15) is 33.3 Å². The predicted octanol–water partition coefficient (Wildman–Crippen LogP) is 2.15. The van der Waals surface area contributed by atoms with Crippen LogP contribution in [0, 0.1) is 0 Å². The first-order valence-electron chi connectivity index (χ1n) is 7.57. The molecule has 1 saturated heterocycles. The molecule has 0 aromatic heterocycles. The molecule has 1 fully saturated rings. The Morgan fingerprint density at radius 3 is 2.39 bits per heavy atom. The second kappa shape index (κ2) is 6.35. The fourth-order valence-corrected chi connectivity index (χ4v) is 2.28. The number of rotatable bonds is 4. The molecule has 0 aliphatic carbocycles. The van der Waals surface area contributed by atoms with E-state index >= 15 is 0 Å². The monoisotopic (exact) mass is 317 g/mol. The van der Waals surface area contributed by atoms with Crippen LogP contribution in [0.25, 0.3) is 6.08 Å². The molecule has 6 nitrogen and oxygen atoms in total. The predicted molar refractivity (Wildman–Crippen MR) is 92.8 cm³/mol. The lowest BCUT2D eigenvalue weighted by atomic mass is 9.77. The summed E-state index contributed by atoms with van der Waals surface area (Å²) in [6.45, 7) is 8.30. The molecule has 23 heavy (non-hydrogen) atoms. The van der Waals surface area contributed by atoms with Crippen molar-refractivity contribution in [1.29, 1.82) is 0 Å². The summed E-state index contributed by atoms with van der Waals surface area (Å²) in [7, 11) is -0.488. The topological polar surface area (TPSA) is 99.6 Å². The van der Waals surface area contributed by atoms with Gasteiger partial charge in [-0.2, -0.15) is 0 Å². The Kier molecular flexibility index (Phi) is 4.84. The van der Waals surface area contributed by atoms with Crippen molar-refractivity contribution in [3.8, 4) is 0 Å². The van der Waals surface area contributed by atoms with Gasteiger partial charge in [-0.15, -0.1) is 0 Å². The maximum absolute atomic E-state index is 10.9. The lowest BCUT2D eigenvalue weighted by Gasteiger charge is -2.32. The summed E-state index contributed by atoms with van der Waals surface area (Å²) in [6, 6.07) is 6.71. The van der Waals surface area contributed by atoms with E-state index in [1.165, 1.54) is 0 Å². The zero-order chi connectivity index (χ0) is 17.3. The highest BCUT2D eigenvalue weighted by Crippen LogP contribution is 2.38. The maximum Gasteiger partial charge on any atom is 0.491 e. The summed E-state index contributed by atoms with van der Waals surface area (Å²) >= 11 is 0. The molecular formula is C16H24BN3O3. The molecule has 0 spiro atoms. The van der Waals surface area contributed by atoms with Gasteiger partial charge in [0.05, 0.1) is 11.2 Å². The molecule has 2 amide bonds. The van der Waals surface area contributed by atoms with E-state index in [1.807, 2.05) is 52.0 Å². The van der Waals surface area contributed by atoms with E-state index in [-0.39, 0.29) is 0 Å². The maximum atomic E-state index is 10.9. The third-order valence-electron chi connectivity index (χ3n) is 4.30. The molecular weight excluding hydrogens is 293 g/mol. The van der Waals surface area contributed by atoms with E-state index < -0.39 is 24.4 Å². The van der Waals surface area contributed by atoms with Gasteiger partial charge >= 0.3 is 13.1 Å². The minimum absolute atomic E-state index is 0.310. The van der Waals surface area contributed by atoms with E-state index in [1.54, 1.807) is 6.07 Å². The standard InChI is InChI=1S/C16H24BN3O3/c1-15(2)16(3,4)23-17(22-15)12(10-18)8-11-6-5-7-13(9-11)20-14(19)21/h5-9H,10,18H2,1-4H3,(H3,19,20,21). The first kappa shape index (κ1) is 17.5. The number of carbonyl (C=O) groups is 1. The second-order valence-electron chi connectivity index (χ2n) is 6.63. The van der Waals surface area contributed by atoms with Crippen LogP contribution >= 0.6 is 0 Å². The number of anilines is 1. The number of hydrogen-bond acceptors (Lipinski definition) is 4. The average molecular weight is 317 g/mol. The first-order chi connectivity index (χ1) is 10.6. The molecule has 0 atom stereocenters. The fraction of sp³-hybridized carbons (Fsp3) is 0.438. The Morgan fingerprint density at radius 1 is 1.26 bits per heavy atom. The van der Waals surface area contributed by atoms with Crippen molar-refractivity contribution in [2.75, 3.05) is 11.9 Å². The third kappa shape index (κ3) is 3.93. The number of carbonyl (C=O) groups excluding carboxylic acids is 1. The highest BCUT2D eigenvalue weighted by Gasteiger charge is 2.52. The first-order valence-corrected chi connectivity index (χ1v) is 7.57. The fourth-order valence-electron chi connectivity index (χ4n) is 2.28. The van der Waals surface area contributed by atoms with Crippen molar-refractivity contribution in [1.82, 2.24) is 0 Å². The molecule has 1 aliphatic rings. The van der Waals surface area contributed by atoms with E-state index in [2.05, 4.69) is 5.32 Å². The number of primary amides is 1. The zero-order valence-electron chi connectivity index (χ0n) is 14.1. The molecule has 0 bridgehead atoms. The number of nitrogens with one attached hydrogen (secondary N) is 1. The highest BCUT2D eigenvalue weighted by atomic mass is 16.7. The van der Waals surface area contributed by atoms with Crippen molar-refractivity contribution < 1.29 is 14.1 Å².